The summed E-state index contributed by atoms with van der Waals surface area (Å²) >= 11 is 0. The van der Waals surface area contributed by atoms with Crippen molar-refractivity contribution in [1.82, 2.24) is 0 Å². The number of furan rings is 1. The highest BCUT2D eigenvalue weighted by Crippen LogP contribution is 2.26. The zero-order chi connectivity index (χ0) is 12.4. The summed E-state index contributed by atoms with van der Waals surface area (Å²) in [5.41, 5.74) is 0.795. The predicted octanol–water partition coefficient (Wildman–Crippen LogP) is 1.85. The van der Waals surface area contributed by atoms with Crippen LogP contribution in [0, 0.1) is 0 Å². The number of rotatable bonds is 3. The van der Waals surface area contributed by atoms with E-state index in [1.165, 1.54) is 7.11 Å². The van der Waals surface area contributed by atoms with Crippen LogP contribution in [0.5, 0.6) is 0 Å². The average Bonchev–Trinajstić information content (AvgIpc) is 2.68. The van der Waals surface area contributed by atoms with E-state index in [2.05, 4.69) is 4.74 Å². The molecule has 17 heavy (non-hydrogen) atoms. The number of ether oxygens (including phenoxy) is 1. The first-order valence-corrected chi connectivity index (χ1v) is 4.94. The van der Waals surface area contributed by atoms with E-state index < -0.39 is 11.9 Å². The van der Waals surface area contributed by atoms with Crippen LogP contribution < -0.4 is 0 Å². The molecule has 0 unspecified atom stereocenters. The molecular formula is C12H10O5. The normalized spacial score (nSPS) is 10.4. The summed E-state index contributed by atoms with van der Waals surface area (Å²) < 4.78 is 9.73. The van der Waals surface area contributed by atoms with Gasteiger partial charge < -0.3 is 14.3 Å². The van der Waals surface area contributed by atoms with Gasteiger partial charge in [0.05, 0.1) is 13.5 Å². The van der Waals surface area contributed by atoms with Crippen LogP contribution in [-0.4, -0.2) is 24.2 Å². The van der Waals surface area contributed by atoms with Crippen molar-refractivity contribution >= 4 is 22.9 Å². The summed E-state index contributed by atoms with van der Waals surface area (Å²) in [4.78, 5) is 22.3. The number of hydrogen-bond acceptors (Lipinski definition) is 4. The number of benzene rings is 1. The van der Waals surface area contributed by atoms with Crippen LogP contribution in [0.3, 0.4) is 0 Å². The highest BCUT2D eigenvalue weighted by Gasteiger charge is 2.21. The van der Waals surface area contributed by atoms with E-state index >= 15 is 0 Å². The summed E-state index contributed by atoms with van der Waals surface area (Å²) in [7, 11) is 1.26. The van der Waals surface area contributed by atoms with Crippen molar-refractivity contribution in [2.75, 3.05) is 7.11 Å². The van der Waals surface area contributed by atoms with Crippen molar-refractivity contribution in [1.29, 1.82) is 0 Å². The Bertz CT molecular complexity index is 582. The van der Waals surface area contributed by atoms with Gasteiger partial charge in [-0.3, -0.25) is 4.79 Å². The zero-order valence-electron chi connectivity index (χ0n) is 9.10. The fraction of sp³-hybridized carbons (Fsp3) is 0.167. The summed E-state index contributed by atoms with van der Waals surface area (Å²) in [5.74, 6) is -1.91. The van der Waals surface area contributed by atoms with Crippen molar-refractivity contribution in [3.8, 4) is 0 Å². The summed E-state index contributed by atoms with van der Waals surface area (Å²) in [5, 5.41) is 9.63. The second-order valence-corrected chi connectivity index (χ2v) is 3.46. The van der Waals surface area contributed by atoms with Crippen LogP contribution >= 0.6 is 0 Å². The Morgan fingerprint density at radius 2 is 2.06 bits per heavy atom. The molecule has 1 heterocycles. The van der Waals surface area contributed by atoms with Gasteiger partial charge in [-0.2, -0.15) is 0 Å². The maximum atomic E-state index is 11.2. The van der Waals surface area contributed by atoms with Gasteiger partial charge in [0, 0.05) is 10.9 Å². The Balaban J connectivity index is 2.59. The minimum Gasteiger partial charge on any atom is -0.475 e. The SMILES string of the molecule is COC(=O)Cc1c(C(=O)O)oc2ccccc12. The van der Waals surface area contributed by atoms with Gasteiger partial charge in [0.2, 0.25) is 5.76 Å². The Kier molecular flexibility index (Phi) is 2.82. The van der Waals surface area contributed by atoms with E-state index in [1.807, 2.05) is 0 Å². The van der Waals surface area contributed by atoms with Crippen molar-refractivity contribution < 1.29 is 23.8 Å². The van der Waals surface area contributed by atoms with Crippen molar-refractivity contribution in [2.24, 2.45) is 0 Å². The monoisotopic (exact) mass is 234 g/mol. The lowest BCUT2D eigenvalue weighted by atomic mass is 10.1. The zero-order valence-corrected chi connectivity index (χ0v) is 9.10. The van der Waals surface area contributed by atoms with Crippen LogP contribution in [-0.2, 0) is 16.0 Å². The molecule has 0 atom stereocenters. The lowest BCUT2D eigenvalue weighted by molar-refractivity contribution is -0.139. The highest BCUT2D eigenvalue weighted by molar-refractivity contribution is 5.97. The number of carboxylic acids is 1. The molecule has 0 aliphatic rings. The van der Waals surface area contributed by atoms with Crippen LogP contribution in [0.15, 0.2) is 28.7 Å². The van der Waals surface area contributed by atoms with Gasteiger partial charge in [-0.25, -0.2) is 4.79 Å². The number of fused-ring (bicyclic) bond motifs is 1. The third-order valence-electron chi connectivity index (χ3n) is 2.44. The van der Waals surface area contributed by atoms with Crippen LogP contribution in [0.25, 0.3) is 11.0 Å². The van der Waals surface area contributed by atoms with E-state index in [0.717, 1.165) is 0 Å². The molecule has 0 amide bonds. The molecule has 0 aliphatic heterocycles. The molecule has 0 saturated carbocycles. The number of carbonyl (C=O) groups is 2. The highest BCUT2D eigenvalue weighted by atomic mass is 16.5. The second-order valence-electron chi connectivity index (χ2n) is 3.46. The number of para-hydroxylation sites is 1. The number of aromatic carboxylic acids is 1. The maximum absolute atomic E-state index is 11.2. The third-order valence-corrected chi connectivity index (χ3v) is 2.44. The number of carboxylic acid groups (broad SMARTS) is 1. The number of esters is 1. The minimum absolute atomic E-state index is 0.116. The molecule has 5 heteroatoms. The van der Waals surface area contributed by atoms with E-state index in [1.54, 1.807) is 24.3 Å². The van der Waals surface area contributed by atoms with Gasteiger partial charge in [-0.05, 0) is 6.07 Å². The smallest absolute Gasteiger partial charge is 0.372 e. The standard InChI is InChI=1S/C12H10O5/c1-16-10(13)6-8-7-4-2-3-5-9(7)17-11(8)12(14)15/h2-5H,6H2,1H3,(H,14,15). The van der Waals surface area contributed by atoms with Gasteiger partial charge in [-0.1, -0.05) is 18.2 Å². The first kappa shape index (κ1) is 11.2. The number of hydrogen-bond donors (Lipinski definition) is 1. The fourth-order valence-electron chi connectivity index (χ4n) is 1.66. The first-order chi connectivity index (χ1) is 8.13. The van der Waals surface area contributed by atoms with Gasteiger partial charge in [0.1, 0.15) is 5.58 Å². The molecular weight excluding hydrogens is 224 g/mol. The van der Waals surface area contributed by atoms with Crippen LogP contribution in [0.1, 0.15) is 16.1 Å². The second kappa shape index (κ2) is 4.29. The Morgan fingerprint density at radius 3 is 2.71 bits per heavy atom. The number of carbonyl (C=O) groups excluding carboxylic acids is 1. The lowest BCUT2D eigenvalue weighted by Crippen LogP contribution is -2.08. The topological polar surface area (TPSA) is 76.7 Å². The van der Waals surface area contributed by atoms with E-state index in [-0.39, 0.29) is 12.2 Å². The van der Waals surface area contributed by atoms with Gasteiger partial charge in [0.15, 0.2) is 0 Å². The Labute approximate surface area is 96.6 Å². The van der Waals surface area contributed by atoms with Gasteiger partial charge >= 0.3 is 11.9 Å². The molecule has 2 rings (SSSR count). The first-order valence-electron chi connectivity index (χ1n) is 4.94. The quantitative estimate of drug-likeness (QED) is 0.820. The van der Waals surface area contributed by atoms with Gasteiger partial charge in [0.25, 0.3) is 0 Å². The van der Waals surface area contributed by atoms with Crippen molar-refractivity contribution in [3.05, 3.63) is 35.6 Å². The summed E-state index contributed by atoms with van der Waals surface area (Å²) in [6.45, 7) is 0. The molecule has 0 radical (unpaired) electrons. The molecule has 88 valence electrons. The number of methoxy groups -OCH3 is 1. The molecule has 1 aromatic heterocycles. The maximum Gasteiger partial charge on any atom is 0.372 e. The Morgan fingerprint density at radius 1 is 1.35 bits per heavy atom. The molecule has 0 spiro atoms. The van der Waals surface area contributed by atoms with Crippen LogP contribution in [0.2, 0.25) is 0 Å². The van der Waals surface area contributed by atoms with E-state index in [4.69, 9.17) is 9.52 Å². The molecule has 2 aromatic rings. The third kappa shape index (κ3) is 1.99. The van der Waals surface area contributed by atoms with Crippen molar-refractivity contribution in [2.45, 2.75) is 6.42 Å². The van der Waals surface area contributed by atoms with Gasteiger partial charge in [-0.15, -0.1) is 0 Å². The largest absolute Gasteiger partial charge is 0.475 e. The molecule has 1 N–H and O–H groups in total. The molecule has 0 aliphatic carbocycles. The minimum atomic E-state index is -1.19. The lowest BCUT2D eigenvalue weighted by Gasteiger charge is -1.98. The fourth-order valence-corrected chi connectivity index (χ4v) is 1.66. The molecule has 1 aromatic carbocycles. The summed E-state index contributed by atoms with van der Waals surface area (Å²) in [6.07, 6.45) is -0.116. The van der Waals surface area contributed by atoms with E-state index in [9.17, 15) is 9.59 Å². The molecule has 5 nitrogen and oxygen atoms in total. The van der Waals surface area contributed by atoms with Crippen LogP contribution in [0.4, 0.5) is 0 Å². The average molecular weight is 234 g/mol. The van der Waals surface area contributed by atoms with E-state index in [0.29, 0.717) is 16.5 Å². The van der Waals surface area contributed by atoms with Crippen molar-refractivity contribution in [3.63, 3.8) is 0 Å². The Hall–Kier alpha value is -2.30. The predicted molar refractivity (Wildman–Crippen MR) is 58.9 cm³/mol. The molecule has 0 fully saturated rings. The molecule has 0 bridgehead atoms. The molecule has 0 saturated heterocycles. The summed E-state index contributed by atoms with van der Waals surface area (Å²) in [6, 6.07) is 6.86.